The Labute approximate surface area is 69.7 Å². The molecule has 0 spiro atoms. The van der Waals surface area contributed by atoms with E-state index >= 15 is 0 Å². The Bertz CT molecular complexity index is 140. The number of ether oxygens (including phenoxy) is 1. The van der Waals surface area contributed by atoms with Crippen molar-refractivity contribution in [2.45, 2.75) is 6.04 Å². The van der Waals surface area contributed by atoms with Crippen LogP contribution in [0.4, 0.5) is 4.79 Å². The van der Waals surface area contributed by atoms with Crippen LogP contribution in [-0.2, 0) is 9.53 Å². The first-order chi connectivity index (χ1) is 5.24. The lowest BCUT2D eigenvalue weighted by Crippen LogP contribution is -2.37. The average Bonchev–Trinajstić information content (AvgIpc) is 2.03. The summed E-state index contributed by atoms with van der Waals surface area (Å²) < 4.78 is 4.31. The van der Waals surface area contributed by atoms with Gasteiger partial charge in [0.1, 0.15) is 6.29 Å². The zero-order valence-electron chi connectivity index (χ0n) is 6.49. The van der Waals surface area contributed by atoms with E-state index in [1.54, 1.807) is 0 Å². The zero-order chi connectivity index (χ0) is 8.69. The number of alkyl carbamates (subject to hydrolysis) is 1. The number of rotatable bonds is 4. The van der Waals surface area contributed by atoms with Gasteiger partial charge in [0.05, 0.1) is 13.2 Å². The third kappa shape index (κ3) is 4.66. The molecule has 1 N–H and O–H groups in total. The summed E-state index contributed by atoms with van der Waals surface area (Å²) in [5.74, 6) is 0.568. The van der Waals surface area contributed by atoms with Crippen molar-refractivity contribution in [1.29, 1.82) is 0 Å². The van der Waals surface area contributed by atoms with E-state index in [9.17, 15) is 9.59 Å². The maximum atomic E-state index is 10.6. The van der Waals surface area contributed by atoms with Crippen molar-refractivity contribution >= 4 is 24.1 Å². The van der Waals surface area contributed by atoms with Gasteiger partial charge >= 0.3 is 6.09 Å². The molecule has 0 radical (unpaired) electrons. The number of methoxy groups -OCH3 is 1. The molecule has 11 heavy (non-hydrogen) atoms. The van der Waals surface area contributed by atoms with Crippen molar-refractivity contribution in [2.24, 2.45) is 0 Å². The monoisotopic (exact) mass is 177 g/mol. The van der Waals surface area contributed by atoms with Gasteiger partial charge < -0.3 is 14.8 Å². The van der Waals surface area contributed by atoms with Crippen LogP contribution in [0.2, 0.25) is 0 Å². The fraction of sp³-hybridized carbons (Fsp3) is 0.667. The summed E-state index contributed by atoms with van der Waals surface area (Å²) >= 11 is 1.49. The van der Waals surface area contributed by atoms with Gasteiger partial charge in [-0.05, 0) is 6.26 Å². The summed E-state index contributed by atoms with van der Waals surface area (Å²) in [6, 6.07) is -0.447. The van der Waals surface area contributed by atoms with Gasteiger partial charge in [-0.2, -0.15) is 11.8 Å². The number of hydrogen-bond donors (Lipinski definition) is 1. The van der Waals surface area contributed by atoms with Crippen molar-refractivity contribution in [3.63, 3.8) is 0 Å². The van der Waals surface area contributed by atoms with Gasteiger partial charge in [-0.25, -0.2) is 4.79 Å². The average molecular weight is 177 g/mol. The Kier molecular flexibility index (Phi) is 5.64. The zero-order valence-corrected chi connectivity index (χ0v) is 7.31. The molecule has 0 aromatic carbocycles. The van der Waals surface area contributed by atoms with Crippen LogP contribution < -0.4 is 5.32 Å². The van der Waals surface area contributed by atoms with Crippen LogP contribution in [0.5, 0.6) is 0 Å². The molecule has 5 heteroatoms. The van der Waals surface area contributed by atoms with Gasteiger partial charge in [0.15, 0.2) is 0 Å². The van der Waals surface area contributed by atoms with Gasteiger partial charge in [-0.15, -0.1) is 0 Å². The molecule has 0 heterocycles. The van der Waals surface area contributed by atoms with E-state index in [4.69, 9.17) is 0 Å². The van der Waals surface area contributed by atoms with Gasteiger partial charge in [0.2, 0.25) is 0 Å². The van der Waals surface area contributed by atoms with E-state index in [2.05, 4.69) is 10.1 Å². The minimum absolute atomic E-state index is 0.447. The second-order valence-corrected chi connectivity index (χ2v) is 2.74. The molecule has 0 aromatic rings. The summed E-state index contributed by atoms with van der Waals surface area (Å²) in [5.41, 5.74) is 0. The van der Waals surface area contributed by atoms with Crippen molar-refractivity contribution in [2.75, 3.05) is 19.1 Å². The Hall–Kier alpha value is -0.710. The van der Waals surface area contributed by atoms with Crippen molar-refractivity contribution in [3.8, 4) is 0 Å². The smallest absolute Gasteiger partial charge is 0.407 e. The molecule has 0 saturated heterocycles. The highest BCUT2D eigenvalue weighted by molar-refractivity contribution is 7.98. The first-order valence-corrected chi connectivity index (χ1v) is 4.42. The molecule has 0 unspecified atom stereocenters. The van der Waals surface area contributed by atoms with Gasteiger partial charge in [-0.3, -0.25) is 0 Å². The highest BCUT2D eigenvalue weighted by Gasteiger charge is 2.09. The Balaban J connectivity index is 3.67. The van der Waals surface area contributed by atoms with Crippen LogP contribution in [0.15, 0.2) is 0 Å². The Morgan fingerprint density at radius 1 is 1.82 bits per heavy atom. The number of amides is 1. The molecule has 4 nitrogen and oxygen atoms in total. The van der Waals surface area contributed by atoms with Crippen LogP contribution in [0.1, 0.15) is 0 Å². The Morgan fingerprint density at radius 2 is 2.45 bits per heavy atom. The molecular weight excluding hydrogens is 166 g/mol. The second kappa shape index (κ2) is 6.03. The largest absolute Gasteiger partial charge is 0.453 e. The lowest BCUT2D eigenvalue weighted by atomic mass is 10.4. The summed E-state index contributed by atoms with van der Waals surface area (Å²) in [6.07, 6.45) is 1.97. The van der Waals surface area contributed by atoms with Crippen LogP contribution in [0.25, 0.3) is 0 Å². The number of hydrogen-bond acceptors (Lipinski definition) is 4. The quantitative estimate of drug-likeness (QED) is 0.626. The third-order valence-electron chi connectivity index (χ3n) is 0.999. The van der Waals surface area contributed by atoms with E-state index in [1.165, 1.54) is 18.9 Å². The highest BCUT2D eigenvalue weighted by atomic mass is 32.2. The van der Waals surface area contributed by atoms with E-state index in [0.717, 1.165) is 0 Å². The van der Waals surface area contributed by atoms with Crippen molar-refractivity contribution < 1.29 is 14.3 Å². The minimum atomic E-state index is -0.573. The van der Waals surface area contributed by atoms with Crippen LogP contribution in [0.3, 0.4) is 0 Å². The summed E-state index contributed by atoms with van der Waals surface area (Å²) in [6.45, 7) is 0. The fourth-order valence-corrected chi connectivity index (χ4v) is 1.03. The standard InChI is InChI=1S/C6H11NO3S/c1-10-6(9)7-5(3-8)4-11-2/h3,5H,4H2,1-2H3,(H,7,9)/t5-/m1/s1. The molecule has 1 atom stereocenters. The number of thioether (sulfide) groups is 1. The fourth-order valence-electron chi connectivity index (χ4n) is 0.505. The van der Waals surface area contributed by atoms with Crippen LogP contribution >= 0.6 is 11.8 Å². The number of nitrogens with one attached hydrogen (secondary N) is 1. The minimum Gasteiger partial charge on any atom is -0.453 e. The van der Waals surface area contributed by atoms with E-state index < -0.39 is 12.1 Å². The molecule has 0 bridgehead atoms. The van der Waals surface area contributed by atoms with Crippen molar-refractivity contribution in [3.05, 3.63) is 0 Å². The number of carbonyl (C=O) groups excluding carboxylic acids is 2. The van der Waals surface area contributed by atoms with E-state index in [-0.39, 0.29) is 0 Å². The first kappa shape index (κ1) is 10.3. The van der Waals surface area contributed by atoms with Crippen LogP contribution in [-0.4, -0.2) is 37.5 Å². The lowest BCUT2D eigenvalue weighted by molar-refractivity contribution is -0.109. The molecule has 64 valence electrons. The molecule has 0 rings (SSSR count). The SMILES string of the molecule is COC(=O)N[C@H](C=O)CSC. The summed E-state index contributed by atoms with van der Waals surface area (Å²) in [4.78, 5) is 20.8. The Morgan fingerprint density at radius 3 is 2.82 bits per heavy atom. The summed E-state index contributed by atoms with van der Waals surface area (Å²) in [5, 5.41) is 2.37. The molecule has 1 amide bonds. The highest BCUT2D eigenvalue weighted by Crippen LogP contribution is 1.94. The maximum absolute atomic E-state index is 10.6. The second-order valence-electron chi connectivity index (χ2n) is 1.83. The molecule has 0 saturated carbocycles. The van der Waals surface area contributed by atoms with Gasteiger partial charge in [0, 0.05) is 5.75 Å². The predicted octanol–water partition coefficient (Wildman–Crippen LogP) is 0.273. The molecule has 0 fully saturated rings. The topological polar surface area (TPSA) is 55.4 Å². The predicted molar refractivity (Wildman–Crippen MR) is 43.8 cm³/mol. The van der Waals surface area contributed by atoms with Gasteiger partial charge in [0.25, 0.3) is 0 Å². The van der Waals surface area contributed by atoms with E-state index in [0.29, 0.717) is 12.0 Å². The van der Waals surface area contributed by atoms with Crippen LogP contribution in [0, 0.1) is 0 Å². The molecular formula is C6H11NO3S. The number of carbonyl (C=O) groups is 2. The lowest BCUT2D eigenvalue weighted by Gasteiger charge is -2.08. The summed E-state index contributed by atoms with van der Waals surface area (Å²) in [7, 11) is 1.26. The van der Waals surface area contributed by atoms with Gasteiger partial charge in [-0.1, -0.05) is 0 Å². The normalized spacial score (nSPS) is 11.8. The maximum Gasteiger partial charge on any atom is 0.407 e. The first-order valence-electron chi connectivity index (χ1n) is 3.03. The molecule has 0 aliphatic rings. The molecule has 0 aliphatic carbocycles. The third-order valence-corrected chi connectivity index (χ3v) is 1.69. The van der Waals surface area contributed by atoms with E-state index in [1.807, 2.05) is 6.26 Å². The van der Waals surface area contributed by atoms with Crippen molar-refractivity contribution in [1.82, 2.24) is 5.32 Å². The number of aldehydes is 1. The molecule has 0 aliphatic heterocycles. The molecule has 0 aromatic heterocycles.